The third kappa shape index (κ3) is 5.04. The first kappa shape index (κ1) is 11.3. The van der Waals surface area contributed by atoms with Crippen molar-refractivity contribution in [2.24, 2.45) is 16.8 Å². The normalized spacial score (nSPS) is 16.9. The molecule has 1 aliphatic rings. The van der Waals surface area contributed by atoms with Crippen molar-refractivity contribution >= 4 is 5.96 Å². The van der Waals surface area contributed by atoms with Crippen molar-refractivity contribution < 1.29 is 4.74 Å². The second-order valence-electron chi connectivity index (χ2n) is 3.52. The first-order chi connectivity index (χ1) is 6.86. The quantitative estimate of drug-likeness (QED) is 0.183. The number of rotatable bonds is 6. The van der Waals surface area contributed by atoms with Crippen LogP contribution in [-0.4, -0.2) is 32.8 Å². The van der Waals surface area contributed by atoms with E-state index in [0.717, 1.165) is 32.1 Å². The highest BCUT2D eigenvalue weighted by Gasteiger charge is 2.20. The van der Waals surface area contributed by atoms with E-state index < -0.39 is 0 Å². The van der Waals surface area contributed by atoms with Crippen LogP contribution in [0.2, 0.25) is 0 Å². The van der Waals surface area contributed by atoms with Crippen molar-refractivity contribution in [1.82, 2.24) is 10.7 Å². The van der Waals surface area contributed by atoms with Gasteiger partial charge in [-0.2, -0.15) is 0 Å². The predicted molar refractivity (Wildman–Crippen MR) is 56.8 cm³/mol. The Kier molecular flexibility index (Phi) is 5.32. The lowest BCUT2D eigenvalue weighted by Gasteiger charge is -2.07. The van der Waals surface area contributed by atoms with E-state index in [1.54, 1.807) is 7.05 Å². The smallest absolute Gasteiger partial charge is 0.205 e. The summed E-state index contributed by atoms with van der Waals surface area (Å²) in [4.78, 5) is 3.89. The van der Waals surface area contributed by atoms with Gasteiger partial charge < -0.3 is 10.1 Å². The summed E-state index contributed by atoms with van der Waals surface area (Å²) >= 11 is 0. The molecule has 0 aromatic carbocycles. The minimum Gasteiger partial charge on any atom is -0.381 e. The summed E-state index contributed by atoms with van der Waals surface area (Å²) in [7, 11) is 1.69. The molecule has 4 N–H and O–H groups in total. The number of aliphatic imine (C=N–C) groups is 1. The number of guanidine groups is 1. The van der Waals surface area contributed by atoms with Gasteiger partial charge in [-0.15, -0.1) is 0 Å². The van der Waals surface area contributed by atoms with E-state index in [1.165, 1.54) is 12.8 Å². The van der Waals surface area contributed by atoms with Crippen LogP contribution >= 0.6 is 0 Å². The van der Waals surface area contributed by atoms with Gasteiger partial charge in [0.2, 0.25) is 5.96 Å². The molecule has 5 heteroatoms. The first-order valence-corrected chi connectivity index (χ1v) is 5.12. The maximum Gasteiger partial charge on any atom is 0.205 e. The van der Waals surface area contributed by atoms with Crippen LogP contribution in [0.3, 0.4) is 0 Å². The van der Waals surface area contributed by atoms with Gasteiger partial charge in [0.05, 0.1) is 0 Å². The van der Waals surface area contributed by atoms with Crippen LogP contribution in [-0.2, 0) is 4.74 Å². The van der Waals surface area contributed by atoms with Crippen LogP contribution in [0, 0.1) is 5.92 Å². The number of nitrogens with one attached hydrogen (secondary N) is 2. The molecular formula is C9H20N4O. The van der Waals surface area contributed by atoms with Crippen LogP contribution < -0.4 is 16.6 Å². The van der Waals surface area contributed by atoms with Gasteiger partial charge in [-0.05, 0) is 25.2 Å². The van der Waals surface area contributed by atoms with Gasteiger partial charge >= 0.3 is 0 Å². The molecule has 82 valence electrons. The van der Waals surface area contributed by atoms with Crippen LogP contribution in [0.4, 0.5) is 0 Å². The molecule has 0 unspecified atom stereocenters. The molecule has 14 heavy (non-hydrogen) atoms. The molecule has 1 fully saturated rings. The summed E-state index contributed by atoms with van der Waals surface area (Å²) in [5.41, 5.74) is 2.47. The van der Waals surface area contributed by atoms with Crippen molar-refractivity contribution in [2.45, 2.75) is 19.3 Å². The lowest BCUT2D eigenvalue weighted by Crippen LogP contribution is -2.41. The molecular weight excluding hydrogens is 180 g/mol. The summed E-state index contributed by atoms with van der Waals surface area (Å²) in [5.74, 6) is 6.66. The Hall–Kier alpha value is -0.810. The molecule has 0 radical (unpaired) electrons. The highest BCUT2D eigenvalue weighted by atomic mass is 16.5. The molecule has 0 aromatic rings. The maximum absolute atomic E-state index is 5.48. The lowest BCUT2D eigenvalue weighted by atomic mass is 10.4. The molecule has 0 heterocycles. The van der Waals surface area contributed by atoms with E-state index in [2.05, 4.69) is 15.7 Å². The molecule has 0 amide bonds. The fraction of sp³-hybridized carbons (Fsp3) is 0.889. The van der Waals surface area contributed by atoms with Gasteiger partial charge in [0.25, 0.3) is 0 Å². The Balaban J connectivity index is 1.82. The Morgan fingerprint density at radius 3 is 2.93 bits per heavy atom. The zero-order valence-corrected chi connectivity index (χ0v) is 8.75. The zero-order chi connectivity index (χ0) is 10.2. The Bertz CT molecular complexity index is 180. The van der Waals surface area contributed by atoms with E-state index >= 15 is 0 Å². The van der Waals surface area contributed by atoms with Crippen molar-refractivity contribution in [2.75, 3.05) is 26.8 Å². The SMILES string of the molecule is CN=C(NN)NCCCOCC1CC1. The molecule has 0 saturated heterocycles. The van der Waals surface area contributed by atoms with E-state index in [0.29, 0.717) is 5.96 Å². The maximum atomic E-state index is 5.48. The number of hydrogen-bond donors (Lipinski definition) is 3. The second-order valence-corrected chi connectivity index (χ2v) is 3.52. The van der Waals surface area contributed by atoms with Crippen molar-refractivity contribution in [3.05, 3.63) is 0 Å². The molecule has 0 atom stereocenters. The molecule has 0 bridgehead atoms. The monoisotopic (exact) mass is 200 g/mol. The van der Waals surface area contributed by atoms with Gasteiger partial charge in [0.1, 0.15) is 0 Å². The molecule has 0 spiro atoms. The fourth-order valence-corrected chi connectivity index (χ4v) is 1.11. The van der Waals surface area contributed by atoms with Gasteiger partial charge in [-0.25, -0.2) is 5.84 Å². The standard InChI is InChI=1S/C9H20N4O/c1-11-9(13-10)12-5-2-6-14-7-8-3-4-8/h8H,2-7,10H2,1H3,(H2,11,12,13). The predicted octanol–water partition coefficient (Wildman–Crippen LogP) is -0.158. The summed E-state index contributed by atoms with van der Waals surface area (Å²) in [6.45, 7) is 2.58. The van der Waals surface area contributed by atoms with Crippen molar-refractivity contribution in [1.29, 1.82) is 0 Å². The van der Waals surface area contributed by atoms with Crippen LogP contribution in [0.25, 0.3) is 0 Å². The molecule has 1 rings (SSSR count). The Labute approximate surface area is 85.1 Å². The van der Waals surface area contributed by atoms with E-state index in [9.17, 15) is 0 Å². The molecule has 5 nitrogen and oxygen atoms in total. The highest BCUT2D eigenvalue weighted by Crippen LogP contribution is 2.28. The van der Waals surface area contributed by atoms with E-state index in [1.807, 2.05) is 0 Å². The molecule has 0 aromatic heterocycles. The second kappa shape index (κ2) is 6.62. The lowest BCUT2D eigenvalue weighted by molar-refractivity contribution is 0.123. The van der Waals surface area contributed by atoms with Gasteiger partial charge in [0.15, 0.2) is 0 Å². The number of nitrogens with zero attached hydrogens (tertiary/aromatic N) is 1. The minimum absolute atomic E-state index is 0.618. The highest BCUT2D eigenvalue weighted by molar-refractivity contribution is 5.78. The number of hydrazine groups is 1. The van der Waals surface area contributed by atoms with Gasteiger partial charge in [-0.1, -0.05) is 0 Å². The van der Waals surface area contributed by atoms with E-state index in [-0.39, 0.29) is 0 Å². The Morgan fingerprint density at radius 2 is 2.36 bits per heavy atom. The van der Waals surface area contributed by atoms with Crippen molar-refractivity contribution in [3.63, 3.8) is 0 Å². The van der Waals surface area contributed by atoms with Crippen LogP contribution in [0.15, 0.2) is 4.99 Å². The summed E-state index contributed by atoms with van der Waals surface area (Å²) in [5, 5.41) is 3.06. The van der Waals surface area contributed by atoms with Crippen molar-refractivity contribution in [3.8, 4) is 0 Å². The molecule has 1 saturated carbocycles. The minimum atomic E-state index is 0.618. The average Bonchev–Trinajstić information content (AvgIpc) is 3.01. The summed E-state index contributed by atoms with van der Waals surface area (Å²) in [6.07, 6.45) is 3.68. The zero-order valence-electron chi connectivity index (χ0n) is 8.75. The Morgan fingerprint density at radius 1 is 1.57 bits per heavy atom. The topological polar surface area (TPSA) is 71.7 Å². The average molecular weight is 200 g/mol. The largest absolute Gasteiger partial charge is 0.381 e. The fourth-order valence-electron chi connectivity index (χ4n) is 1.11. The van der Waals surface area contributed by atoms with Crippen LogP contribution in [0.5, 0.6) is 0 Å². The number of hydrogen-bond acceptors (Lipinski definition) is 3. The molecule has 0 aliphatic heterocycles. The first-order valence-electron chi connectivity index (χ1n) is 5.12. The van der Waals surface area contributed by atoms with Crippen LogP contribution in [0.1, 0.15) is 19.3 Å². The number of ether oxygens (including phenoxy) is 1. The van der Waals surface area contributed by atoms with E-state index in [4.69, 9.17) is 10.6 Å². The number of nitrogens with two attached hydrogens (primary N) is 1. The summed E-state index contributed by atoms with van der Waals surface area (Å²) in [6, 6.07) is 0. The summed E-state index contributed by atoms with van der Waals surface area (Å²) < 4.78 is 5.48. The third-order valence-electron chi connectivity index (χ3n) is 2.17. The molecule has 1 aliphatic carbocycles. The van der Waals surface area contributed by atoms with Gasteiger partial charge in [-0.3, -0.25) is 10.4 Å². The van der Waals surface area contributed by atoms with Gasteiger partial charge in [0, 0.05) is 26.8 Å². The third-order valence-corrected chi connectivity index (χ3v) is 2.17.